The number of carbonyl (C=O) groups excluding carboxylic acids is 8. The van der Waals surface area contributed by atoms with E-state index in [1.54, 1.807) is 13.8 Å². The molecule has 48 heavy (non-hydrogen) atoms. The molecule has 0 aliphatic rings. The van der Waals surface area contributed by atoms with Gasteiger partial charge in [-0.05, 0) is 55.4 Å². The van der Waals surface area contributed by atoms with Crippen molar-refractivity contribution in [3.05, 3.63) is 0 Å². The van der Waals surface area contributed by atoms with Crippen molar-refractivity contribution in [3.63, 3.8) is 0 Å². The van der Waals surface area contributed by atoms with Crippen LogP contribution in [0.5, 0.6) is 0 Å². The summed E-state index contributed by atoms with van der Waals surface area (Å²) in [6.45, 7) is 12.3. The Hall–Kier alpha value is -3.60. The van der Waals surface area contributed by atoms with Gasteiger partial charge in [-0.1, -0.05) is 0 Å². The lowest BCUT2D eigenvalue weighted by molar-refractivity contribution is -0.147. The van der Waals surface area contributed by atoms with Crippen molar-refractivity contribution in [1.82, 2.24) is 0 Å². The molecule has 0 saturated carbocycles. The summed E-state index contributed by atoms with van der Waals surface area (Å²) in [5, 5.41) is 35.1. The Kier molecular flexibility index (Phi) is 35.6. The second kappa shape index (κ2) is 33.3. The maximum Gasteiger partial charge on any atom is 0.313 e. The monoisotopic (exact) mass is 696 g/mol. The molecular formula is C32H56O16. The summed E-state index contributed by atoms with van der Waals surface area (Å²) >= 11 is 0. The van der Waals surface area contributed by atoms with Crippen LogP contribution in [0.15, 0.2) is 0 Å². The van der Waals surface area contributed by atoms with E-state index in [1.165, 1.54) is 41.5 Å². The van der Waals surface area contributed by atoms with Crippen molar-refractivity contribution in [3.8, 4) is 0 Å². The number of aliphatic hydroxyl groups is 4. The van der Waals surface area contributed by atoms with E-state index in [2.05, 4.69) is 14.2 Å². The Bertz CT molecular complexity index is 954. The summed E-state index contributed by atoms with van der Waals surface area (Å²) in [6.07, 6.45) is -1.38. The number of ketones is 4. The molecule has 0 fully saturated rings. The number of aliphatic hydroxyl groups excluding tert-OH is 4. The highest BCUT2D eigenvalue weighted by Gasteiger charge is 2.09. The third-order valence-corrected chi connectivity index (χ3v) is 4.74. The van der Waals surface area contributed by atoms with Crippen LogP contribution in [0.1, 0.15) is 107 Å². The van der Waals surface area contributed by atoms with E-state index in [4.69, 9.17) is 25.2 Å². The average Bonchev–Trinajstić information content (AvgIpc) is 2.87. The minimum Gasteiger partial charge on any atom is -0.466 e. The normalized spacial score (nSPS) is 12.2. The Morgan fingerprint density at radius 1 is 0.417 bits per heavy atom. The highest BCUT2D eigenvalue weighted by Crippen LogP contribution is 1.97. The molecule has 0 heterocycles. The summed E-state index contributed by atoms with van der Waals surface area (Å²) < 4.78 is 18.6. The molecule has 4 atom stereocenters. The molecule has 16 nitrogen and oxygen atoms in total. The minimum absolute atomic E-state index is 0.0137. The van der Waals surface area contributed by atoms with Crippen LogP contribution < -0.4 is 0 Å². The van der Waals surface area contributed by atoms with Gasteiger partial charge in [0.2, 0.25) is 0 Å². The fraction of sp³-hybridized carbons (Fsp3) is 0.750. The largest absolute Gasteiger partial charge is 0.466 e. The van der Waals surface area contributed by atoms with Crippen molar-refractivity contribution in [2.75, 3.05) is 26.4 Å². The lowest BCUT2D eigenvalue weighted by Gasteiger charge is -2.06. The van der Waals surface area contributed by atoms with E-state index in [9.17, 15) is 38.4 Å². The molecule has 0 spiro atoms. The van der Waals surface area contributed by atoms with E-state index in [0.717, 1.165) is 0 Å². The predicted octanol–water partition coefficient (Wildman–Crippen LogP) is 1.12. The summed E-state index contributed by atoms with van der Waals surface area (Å²) in [5.74, 6) is -2.48. The quantitative estimate of drug-likeness (QED) is 0.0790. The van der Waals surface area contributed by atoms with Crippen LogP contribution in [0.4, 0.5) is 0 Å². The molecule has 0 aliphatic carbocycles. The fourth-order valence-electron chi connectivity index (χ4n) is 2.41. The molecule has 0 rings (SSSR count). The highest BCUT2D eigenvalue weighted by atomic mass is 16.5. The van der Waals surface area contributed by atoms with Crippen molar-refractivity contribution in [2.24, 2.45) is 0 Å². The van der Waals surface area contributed by atoms with Crippen LogP contribution in [-0.2, 0) is 57.3 Å². The first-order valence-electron chi connectivity index (χ1n) is 15.4. The van der Waals surface area contributed by atoms with Crippen molar-refractivity contribution < 1.29 is 77.7 Å². The van der Waals surface area contributed by atoms with Crippen LogP contribution in [-0.4, -0.2) is 118 Å². The summed E-state index contributed by atoms with van der Waals surface area (Å²) in [5.41, 5.74) is 0. The van der Waals surface area contributed by atoms with Gasteiger partial charge in [-0.3, -0.25) is 38.4 Å². The molecule has 0 amide bonds. The van der Waals surface area contributed by atoms with E-state index >= 15 is 0 Å². The zero-order chi connectivity index (χ0) is 38.2. The predicted molar refractivity (Wildman–Crippen MR) is 170 cm³/mol. The summed E-state index contributed by atoms with van der Waals surface area (Å²) in [6, 6.07) is 0. The van der Waals surface area contributed by atoms with Crippen molar-refractivity contribution in [1.29, 1.82) is 0 Å². The second-order valence-corrected chi connectivity index (χ2v) is 10.9. The number of hydrogen-bond donors (Lipinski definition) is 4. The molecule has 16 heteroatoms. The van der Waals surface area contributed by atoms with E-state index in [-0.39, 0.29) is 88.1 Å². The van der Waals surface area contributed by atoms with Gasteiger partial charge in [-0.25, -0.2) is 0 Å². The highest BCUT2D eigenvalue weighted by molar-refractivity contribution is 5.94. The molecule has 0 bridgehead atoms. The average molecular weight is 697 g/mol. The smallest absolute Gasteiger partial charge is 0.313 e. The number of hydrogen-bond acceptors (Lipinski definition) is 16. The minimum atomic E-state index is -0.685. The van der Waals surface area contributed by atoms with Gasteiger partial charge in [0.15, 0.2) is 0 Å². The zero-order valence-electron chi connectivity index (χ0n) is 29.5. The zero-order valence-corrected chi connectivity index (χ0v) is 29.5. The Morgan fingerprint density at radius 3 is 0.938 bits per heavy atom. The first-order chi connectivity index (χ1) is 22.1. The third kappa shape index (κ3) is 54.8. The van der Waals surface area contributed by atoms with Crippen LogP contribution in [0.2, 0.25) is 0 Å². The van der Waals surface area contributed by atoms with Crippen molar-refractivity contribution in [2.45, 2.75) is 131 Å². The van der Waals surface area contributed by atoms with Gasteiger partial charge in [0, 0.05) is 25.7 Å². The fourth-order valence-corrected chi connectivity index (χ4v) is 2.41. The molecule has 280 valence electrons. The molecule has 0 saturated heterocycles. The van der Waals surface area contributed by atoms with Crippen LogP contribution in [0, 0.1) is 0 Å². The van der Waals surface area contributed by atoms with Crippen LogP contribution in [0.3, 0.4) is 0 Å². The second-order valence-electron chi connectivity index (χ2n) is 10.9. The van der Waals surface area contributed by atoms with Gasteiger partial charge in [0.05, 0.1) is 63.7 Å². The molecule has 0 aromatic carbocycles. The number of carbonyl (C=O) groups is 8. The topological polar surface area (TPSA) is 254 Å². The molecule has 0 aromatic rings. The van der Waals surface area contributed by atoms with Crippen molar-refractivity contribution >= 4 is 47.0 Å². The SMILES string of the molecule is CC(=O)CC(=O)OCC[C@@H](C)O.CC(=O)CCOC(=O)CC(C)=O.CC(=O)CCOC(=O)C[C@@H](C)O.C[C@@H](O)CCOC(=O)C[C@@H](C)O. The third-order valence-electron chi connectivity index (χ3n) is 4.74. The maximum absolute atomic E-state index is 10.8. The number of Topliss-reactive ketones (excluding diaryl/α,β-unsaturated/α-hetero) is 4. The Labute approximate surface area is 282 Å². The summed E-state index contributed by atoms with van der Waals surface area (Å²) in [7, 11) is 0. The van der Waals surface area contributed by atoms with Gasteiger partial charge >= 0.3 is 23.9 Å². The van der Waals surface area contributed by atoms with E-state index in [0.29, 0.717) is 12.8 Å². The molecule has 0 unspecified atom stereocenters. The molecule has 0 aliphatic heterocycles. The van der Waals surface area contributed by atoms with Crippen LogP contribution in [0.25, 0.3) is 0 Å². The van der Waals surface area contributed by atoms with E-state index in [1.807, 2.05) is 0 Å². The van der Waals surface area contributed by atoms with Gasteiger partial charge in [0.1, 0.15) is 36.0 Å². The summed E-state index contributed by atoms with van der Waals surface area (Å²) in [4.78, 5) is 84.5. The molecule has 4 N–H and O–H groups in total. The Morgan fingerprint density at radius 2 is 0.688 bits per heavy atom. The molecular weight excluding hydrogens is 640 g/mol. The number of rotatable bonds is 20. The number of ether oxygens (including phenoxy) is 4. The Balaban J connectivity index is -0.000000269. The van der Waals surface area contributed by atoms with Gasteiger partial charge in [0.25, 0.3) is 0 Å². The van der Waals surface area contributed by atoms with E-state index < -0.39 is 48.3 Å². The molecule has 0 radical (unpaired) electrons. The van der Waals surface area contributed by atoms with Crippen LogP contribution >= 0.6 is 0 Å². The lowest BCUT2D eigenvalue weighted by atomic mass is 10.3. The lowest BCUT2D eigenvalue weighted by Crippen LogP contribution is -2.15. The van der Waals surface area contributed by atoms with Gasteiger partial charge in [-0.2, -0.15) is 0 Å². The first kappa shape index (κ1) is 51.2. The number of esters is 4. The van der Waals surface area contributed by atoms with Gasteiger partial charge < -0.3 is 39.4 Å². The molecule has 0 aromatic heterocycles. The first-order valence-corrected chi connectivity index (χ1v) is 15.4. The standard InChI is InChI=1S/C8H16O4.2C8H14O4.C8H12O4/c4*1-6(9)3-4-12-8(11)5-7(2)10/h6-7,9-10H,3-5H2,1-2H3;7,10H,3-5H2,1-2H3;6,9H,3-5H2,1-2H3;3-5H2,1-2H3/t6-,7-;7-;6-;/m111./s1. The van der Waals surface area contributed by atoms with Gasteiger partial charge in [-0.15, -0.1) is 0 Å². The maximum atomic E-state index is 10.8.